The first-order valence-corrected chi connectivity index (χ1v) is 11.6. The fourth-order valence-electron chi connectivity index (χ4n) is 3.58. The summed E-state index contributed by atoms with van der Waals surface area (Å²) in [6.07, 6.45) is -0.144. The van der Waals surface area contributed by atoms with Crippen LogP contribution in [-0.4, -0.2) is 39.5 Å². The number of hydrogen-bond acceptors (Lipinski definition) is 8. The lowest BCUT2D eigenvalue weighted by Gasteiger charge is -2.30. The topological polar surface area (TPSA) is 113 Å². The molecule has 0 saturated heterocycles. The number of carbonyl (C=O) groups is 2. The summed E-state index contributed by atoms with van der Waals surface area (Å²) >= 11 is 0. The highest BCUT2D eigenvalue weighted by atomic mass is 32.2. The second-order valence-corrected chi connectivity index (χ2v) is 9.03. The fourth-order valence-corrected chi connectivity index (χ4v) is 4.89. The summed E-state index contributed by atoms with van der Waals surface area (Å²) in [7, 11) is -4.12. The van der Waals surface area contributed by atoms with Crippen LogP contribution in [0.25, 0.3) is 0 Å². The maximum atomic E-state index is 13.6. The van der Waals surface area contributed by atoms with Crippen LogP contribution in [0.5, 0.6) is 5.75 Å². The summed E-state index contributed by atoms with van der Waals surface area (Å²) in [6.45, 7) is 3.20. The predicted molar refractivity (Wildman–Crippen MR) is 112 cm³/mol. The van der Waals surface area contributed by atoms with Gasteiger partial charge in [0, 0.05) is 18.4 Å². The van der Waals surface area contributed by atoms with Crippen molar-refractivity contribution in [3.8, 4) is 5.75 Å². The van der Waals surface area contributed by atoms with Gasteiger partial charge >= 0.3 is 11.9 Å². The van der Waals surface area contributed by atoms with E-state index < -0.39 is 39.4 Å². The van der Waals surface area contributed by atoms with E-state index in [0.717, 1.165) is 18.2 Å². The molecule has 0 bridgehead atoms. The smallest absolute Gasteiger partial charge is 0.320 e. The fraction of sp³-hybridized carbons (Fsp3) is 0.304. The summed E-state index contributed by atoms with van der Waals surface area (Å²) in [5, 5.41) is 0. The molecule has 1 aliphatic rings. The summed E-state index contributed by atoms with van der Waals surface area (Å²) in [5.74, 6) is -3.35. The molecule has 0 aromatic heterocycles. The summed E-state index contributed by atoms with van der Waals surface area (Å²) in [5.41, 5.74) is 0.318. The van der Waals surface area contributed by atoms with Gasteiger partial charge in [0.05, 0.1) is 23.0 Å². The Bertz CT molecular complexity index is 1210. The number of rotatable bonds is 7. The zero-order valence-corrected chi connectivity index (χ0v) is 18.7. The van der Waals surface area contributed by atoms with Crippen molar-refractivity contribution in [2.45, 2.75) is 36.0 Å². The molecule has 10 heteroatoms. The molecular weight excluding hydrogens is 455 g/mol. The van der Waals surface area contributed by atoms with E-state index in [9.17, 15) is 27.2 Å². The van der Waals surface area contributed by atoms with Gasteiger partial charge in [-0.05, 0) is 43.7 Å². The van der Waals surface area contributed by atoms with Crippen LogP contribution < -0.4 is 4.74 Å². The Morgan fingerprint density at radius 2 is 1.73 bits per heavy atom. The molecule has 174 valence electrons. The van der Waals surface area contributed by atoms with Crippen molar-refractivity contribution in [1.29, 1.82) is 0 Å². The van der Waals surface area contributed by atoms with Crippen molar-refractivity contribution in [2.75, 3.05) is 13.2 Å². The number of esters is 2. The van der Waals surface area contributed by atoms with E-state index in [1.165, 1.54) is 24.3 Å². The first-order valence-electron chi connectivity index (χ1n) is 10.1. The highest BCUT2D eigenvalue weighted by molar-refractivity contribution is 7.91. The number of sulfone groups is 1. The summed E-state index contributed by atoms with van der Waals surface area (Å²) in [4.78, 5) is 36.1. The van der Waals surface area contributed by atoms with Crippen LogP contribution in [0.1, 0.15) is 31.7 Å². The number of ether oxygens (including phenoxy) is 3. The van der Waals surface area contributed by atoms with Crippen molar-refractivity contribution in [3.05, 3.63) is 59.6 Å². The van der Waals surface area contributed by atoms with Crippen molar-refractivity contribution in [2.24, 2.45) is 5.92 Å². The minimum Gasteiger partial charge on any atom is -0.465 e. The Hall–Kier alpha value is -3.49. The maximum Gasteiger partial charge on any atom is 0.320 e. The third-order valence-electron chi connectivity index (χ3n) is 5.04. The Morgan fingerprint density at radius 3 is 2.30 bits per heavy atom. The van der Waals surface area contributed by atoms with Gasteiger partial charge in [0.25, 0.3) is 0 Å². The van der Waals surface area contributed by atoms with Crippen molar-refractivity contribution < 1.29 is 41.4 Å². The number of allylic oxidation sites excluding steroid dienone is 1. The molecule has 1 aliphatic heterocycles. The van der Waals surface area contributed by atoms with Gasteiger partial charge in [-0.25, -0.2) is 17.6 Å². The van der Waals surface area contributed by atoms with Crippen LogP contribution in [0.15, 0.2) is 58.0 Å². The number of carbonyl (C=O) groups excluding carboxylic acids is 3. The number of hydrogen-bond donors (Lipinski definition) is 0. The molecule has 0 radical (unpaired) electrons. The van der Waals surface area contributed by atoms with Gasteiger partial charge in [-0.2, -0.15) is 0 Å². The molecule has 0 aliphatic carbocycles. The molecule has 0 fully saturated rings. The molecule has 2 aromatic carbocycles. The van der Waals surface area contributed by atoms with Gasteiger partial charge in [-0.3, -0.25) is 9.59 Å². The minimum absolute atomic E-state index is 0.0199. The molecule has 0 N–H and O–H groups in total. The monoisotopic (exact) mass is 476 g/mol. The van der Waals surface area contributed by atoms with E-state index in [0.29, 0.717) is 5.56 Å². The van der Waals surface area contributed by atoms with Crippen LogP contribution in [0.4, 0.5) is 4.39 Å². The van der Waals surface area contributed by atoms with Crippen molar-refractivity contribution in [1.82, 2.24) is 0 Å². The Balaban J connectivity index is 2.11. The maximum absolute atomic E-state index is 13.6. The van der Waals surface area contributed by atoms with E-state index in [2.05, 4.69) is 0 Å². The van der Waals surface area contributed by atoms with Crippen molar-refractivity contribution >= 4 is 27.7 Å². The van der Waals surface area contributed by atoms with Gasteiger partial charge in [-0.15, -0.1) is 0 Å². The molecule has 0 spiro atoms. The van der Waals surface area contributed by atoms with Crippen LogP contribution in [0.2, 0.25) is 0 Å². The first kappa shape index (κ1) is 24.2. The molecule has 1 unspecified atom stereocenters. The molecule has 1 heterocycles. The van der Waals surface area contributed by atoms with Crippen LogP contribution >= 0.6 is 0 Å². The standard InChI is InChI=1S/C23H21FO8S/c1-3-30-22(26)21(23(27)31-4-2)19-11-15(13-25)32-20-12-17(8-9-18(19)20)33(28,29)16-7-5-6-14(24)10-16/h5-10,12,19,21H,3-4,11H2,1-2H3. The van der Waals surface area contributed by atoms with Gasteiger partial charge < -0.3 is 14.2 Å². The number of halogens is 1. The Morgan fingerprint density at radius 1 is 1.09 bits per heavy atom. The molecule has 2 aromatic rings. The van der Waals surface area contributed by atoms with E-state index in [-0.39, 0.29) is 40.9 Å². The second kappa shape index (κ2) is 9.97. The normalized spacial score (nSPS) is 15.3. The molecule has 0 amide bonds. The van der Waals surface area contributed by atoms with E-state index >= 15 is 0 Å². The molecular formula is C23H21FO8S. The van der Waals surface area contributed by atoms with Gasteiger partial charge in [0.15, 0.2) is 17.6 Å². The van der Waals surface area contributed by atoms with Crippen LogP contribution in [0.3, 0.4) is 0 Å². The largest absolute Gasteiger partial charge is 0.465 e. The lowest BCUT2D eigenvalue weighted by Crippen LogP contribution is -2.35. The molecule has 8 nitrogen and oxygen atoms in total. The highest BCUT2D eigenvalue weighted by Crippen LogP contribution is 2.43. The van der Waals surface area contributed by atoms with Crippen LogP contribution in [0, 0.1) is 11.7 Å². The second-order valence-electron chi connectivity index (χ2n) is 7.08. The quantitative estimate of drug-likeness (QED) is 0.341. The van der Waals surface area contributed by atoms with Crippen molar-refractivity contribution in [3.63, 3.8) is 0 Å². The molecule has 33 heavy (non-hydrogen) atoms. The van der Waals surface area contributed by atoms with Gasteiger partial charge in [-0.1, -0.05) is 12.1 Å². The SMILES string of the molecule is CCOC(=O)C(C(=O)OCC)C1CC(=C=O)Oc2cc(S(=O)(=O)c3cccc(F)c3)ccc21. The molecule has 0 saturated carbocycles. The number of fused-ring (bicyclic) bond motifs is 1. The van der Waals surface area contributed by atoms with E-state index in [4.69, 9.17) is 14.2 Å². The lowest BCUT2D eigenvalue weighted by molar-refractivity contribution is -0.163. The summed E-state index contributed by atoms with van der Waals surface area (Å²) in [6, 6.07) is 8.32. The third-order valence-corrected chi connectivity index (χ3v) is 6.79. The summed E-state index contributed by atoms with van der Waals surface area (Å²) < 4.78 is 55.1. The minimum atomic E-state index is -4.12. The average Bonchev–Trinajstić information content (AvgIpc) is 2.79. The zero-order chi connectivity index (χ0) is 24.2. The van der Waals surface area contributed by atoms with Gasteiger partial charge in [0.2, 0.25) is 9.84 Å². The Kier molecular flexibility index (Phi) is 7.30. The molecule has 3 rings (SSSR count). The predicted octanol–water partition coefficient (Wildman–Crippen LogP) is 2.98. The average molecular weight is 476 g/mol. The van der Waals surface area contributed by atoms with Crippen LogP contribution in [-0.2, 0) is 33.7 Å². The van der Waals surface area contributed by atoms with Gasteiger partial charge in [0.1, 0.15) is 11.6 Å². The van der Waals surface area contributed by atoms with E-state index in [1.807, 2.05) is 0 Å². The number of benzene rings is 2. The molecule has 1 atom stereocenters. The van der Waals surface area contributed by atoms with E-state index in [1.54, 1.807) is 19.8 Å². The zero-order valence-electron chi connectivity index (χ0n) is 17.9. The highest BCUT2D eigenvalue weighted by Gasteiger charge is 2.43. The lowest BCUT2D eigenvalue weighted by atomic mass is 9.81. The third kappa shape index (κ3) is 4.97. The Labute approximate surface area is 189 Å². The first-order chi connectivity index (χ1) is 15.7.